The summed E-state index contributed by atoms with van der Waals surface area (Å²) in [6.07, 6.45) is 2.98. The molecule has 0 spiro atoms. The van der Waals surface area contributed by atoms with Crippen LogP contribution in [0.4, 0.5) is 0 Å². The summed E-state index contributed by atoms with van der Waals surface area (Å²) in [6.45, 7) is 3.80. The Hall–Kier alpha value is -1.35. The zero-order chi connectivity index (χ0) is 13.4. The van der Waals surface area contributed by atoms with Crippen LogP contribution < -0.4 is 5.32 Å². The van der Waals surface area contributed by atoms with E-state index < -0.39 is 5.54 Å². The quantitative estimate of drug-likeness (QED) is 0.779. The van der Waals surface area contributed by atoms with E-state index >= 15 is 0 Å². The molecule has 18 heavy (non-hydrogen) atoms. The van der Waals surface area contributed by atoms with E-state index in [1.54, 1.807) is 0 Å². The van der Waals surface area contributed by atoms with Gasteiger partial charge in [-0.1, -0.05) is 37.3 Å². The molecular weight excluding hydrogens is 226 g/mol. The molecule has 0 bridgehead atoms. The maximum absolute atomic E-state index is 11.7. The standard InChI is InChI=1S/C15H23NO2/c1-3-15(2,12-17)16-14(18)11-7-10-13-8-5-4-6-9-13/h4-6,8-9,17H,3,7,10-12H2,1-2H3,(H,16,18). The first-order valence-corrected chi connectivity index (χ1v) is 6.55. The van der Waals surface area contributed by atoms with Crippen LogP contribution in [0.5, 0.6) is 0 Å². The first-order chi connectivity index (χ1) is 8.59. The van der Waals surface area contributed by atoms with Crippen LogP contribution in [0.1, 0.15) is 38.7 Å². The van der Waals surface area contributed by atoms with Crippen LogP contribution in [-0.2, 0) is 11.2 Å². The zero-order valence-electron chi connectivity index (χ0n) is 11.3. The minimum Gasteiger partial charge on any atom is -0.394 e. The number of nitrogens with one attached hydrogen (secondary N) is 1. The molecular formula is C15H23NO2. The van der Waals surface area contributed by atoms with Gasteiger partial charge in [0, 0.05) is 6.42 Å². The van der Waals surface area contributed by atoms with Crippen LogP contribution in [-0.4, -0.2) is 23.2 Å². The maximum atomic E-state index is 11.7. The predicted molar refractivity (Wildman–Crippen MR) is 73.3 cm³/mol. The van der Waals surface area contributed by atoms with Gasteiger partial charge < -0.3 is 10.4 Å². The minimum absolute atomic E-state index is 0.0179. The molecule has 3 heteroatoms. The molecule has 2 N–H and O–H groups in total. The average Bonchev–Trinajstić information content (AvgIpc) is 2.40. The topological polar surface area (TPSA) is 49.3 Å². The highest BCUT2D eigenvalue weighted by molar-refractivity contribution is 5.76. The molecule has 1 rings (SSSR count). The monoisotopic (exact) mass is 249 g/mol. The molecule has 0 aliphatic rings. The van der Waals surface area contributed by atoms with Crippen LogP contribution in [0.2, 0.25) is 0 Å². The van der Waals surface area contributed by atoms with Crippen molar-refractivity contribution in [3.63, 3.8) is 0 Å². The van der Waals surface area contributed by atoms with E-state index in [1.165, 1.54) is 5.56 Å². The van der Waals surface area contributed by atoms with Crippen LogP contribution in [0, 0.1) is 0 Å². The van der Waals surface area contributed by atoms with Crippen molar-refractivity contribution in [3.8, 4) is 0 Å². The van der Waals surface area contributed by atoms with Gasteiger partial charge in [0.2, 0.25) is 5.91 Å². The Bertz CT molecular complexity index is 358. The molecule has 0 radical (unpaired) electrons. The minimum atomic E-state index is -0.482. The molecule has 0 saturated heterocycles. The van der Waals surface area contributed by atoms with Gasteiger partial charge in [-0.25, -0.2) is 0 Å². The van der Waals surface area contributed by atoms with Crippen molar-refractivity contribution < 1.29 is 9.90 Å². The number of aryl methyl sites for hydroxylation is 1. The maximum Gasteiger partial charge on any atom is 0.220 e. The summed E-state index contributed by atoms with van der Waals surface area (Å²) in [5.41, 5.74) is 0.773. The second kappa shape index (κ2) is 7.17. The van der Waals surface area contributed by atoms with E-state index in [0.29, 0.717) is 6.42 Å². The Morgan fingerprint density at radius 2 is 2.00 bits per heavy atom. The van der Waals surface area contributed by atoms with E-state index in [2.05, 4.69) is 17.4 Å². The lowest BCUT2D eigenvalue weighted by Gasteiger charge is -2.27. The number of aliphatic hydroxyl groups excluding tert-OH is 1. The fourth-order valence-corrected chi connectivity index (χ4v) is 1.74. The van der Waals surface area contributed by atoms with Crippen molar-refractivity contribution in [1.82, 2.24) is 5.32 Å². The highest BCUT2D eigenvalue weighted by atomic mass is 16.3. The number of hydrogen-bond acceptors (Lipinski definition) is 2. The Morgan fingerprint density at radius 1 is 1.33 bits per heavy atom. The third-order valence-corrected chi connectivity index (χ3v) is 3.28. The second-order valence-corrected chi connectivity index (χ2v) is 4.96. The molecule has 1 unspecified atom stereocenters. The molecule has 0 aliphatic heterocycles. The predicted octanol–water partition coefficient (Wildman–Crippen LogP) is 2.29. The average molecular weight is 249 g/mol. The summed E-state index contributed by atoms with van der Waals surface area (Å²) in [5, 5.41) is 12.1. The van der Waals surface area contributed by atoms with Crippen LogP contribution in [0.15, 0.2) is 30.3 Å². The van der Waals surface area contributed by atoms with Crippen molar-refractivity contribution in [2.75, 3.05) is 6.61 Å². The lowest BCUT2D eigenvalue weighted by Crippen LogP contribution is -2.48. The number of aliphatic hydroxyl groups is 1. The Kier molecular flexibility index (Phi) is 5.86. The van der Waals surface area contributed by atoms with E-state index in [0.717, 1.165) is 19.3 Å². The first kappa shape index (κ1) is 14.7. The summed E-state index contributed by atoms with van der Waals surface area (Å²) < 4.78 is 0. The molecule has 1 atom stereocenters. The van der Waals surface area contributed by atoms with E-state index in [4.69, 9.17) is 0 Å². The molecule has 0 saturated carbocycles. The van der Waals surface area contributed by atoms with Gasteiger partial charge >= 0.3 is 0 Å². The molecule has 0 fully saturated rings. The summed E-state index contributed by atoms with van der Waals surface area (Å²) in [5.74, 6) is 0.0179. The SMILES string of the molecule is CCC(C)(CO)NC(=O)CCCc1ccccc1. The van der Waals surface area contributed by atoms with E-state index in [9.17, 15) is 9.90 Å². The van der Waals surface area contributed by atoms with E-state index in [1.807, 2.05) is 32.0 Å². The molecule has 100 valence electrons. The number of rotatable bonds is 7. The van der Waals surface area contributed by atoms with Gasteiger partial charge in [0.1, 0.15) is 0 Å². The third kappa shape index (κ3) is 4.88. The highest BCUT2D eigenvalue weighted by Gasteiger charge is 2.22. The molecule has 1 aromatic carbocycles. The van der Waals surface area contributed by atoms with Crippen LogP contribution in [0.3, 0.4) is 0 Å². The van der Waals surface area contributed by atoms with Gasteiger partial charge in [0.05, 0.1) is 12.1 Å². The lowest BCUT2D eigenvalue weighted by atomic mass is 9.99. The zero-order valence-corrected chi connectivity index (χ0v) is 11.3. The molecule has 1 aromatic rings. The van der Waals surface area contributed by atoms with Gasteiger partial charge in [-0.15, -0.1) is 0 Å². The molecule has 0 aliphatic carbocycles. The fourth-order valence-electron chi connectivity index (χ4n) is 1.74. The van der Waals surface area contributed by atoms with Crippen LogP contribution in [0.25, 0.3) is 0 Å². The Morgan fingerprint density at radius 3 is 2.56 bits per heavy atom. The summed E-state index contributed by atoms with van der Waals surface area (Å²) in [7, 11) is 0. The van der Waals surface area contributed by atoms with Gasteiger partial charge in [0.15, 0.2) is 0 Å². The first-order valence-electron chi connectivity index (χ1n) is 6.55. The summed E-state index contributed by atoms with van der Waals surface area (Å²) >= 11 is 0. The van der Waals surface area contributed by atoms with Crippen molar-refractivity contribution >= 4 is 5.91 Å². The smallest absolute Gasteiger partial charge is 0.220 e. The number of hydrogen-bond donors (Lipinski definition) is 2. The third-order valence-electron chi connectivity index (χ3n) is 3.28. The number of carbonyl (C=O) groups is 1. The summed E-state index contributed by atoms with van der Waals surface area (Å²) in [4.78, 5) is 11.7. The van der Waals surface area contributed by atoms with Crippen molar-refractivity contribution in [1.29, 1.82) is 0 Å². The number of carbonyl (C=O) groups excluding carboxylic acids is 1. The number of benzene rings is 1. The fraction of sp³-hybridized carbons (Fsp3) is 0.533. The van der Waals surface area contributed by atoms with Crippen molar-refractivity contribution in [2.45, 2.75) is 45.1 Å². The lowest BCUT2D eigenvalue weighted by molar-refractivity contribution is -0.123. The van der Waals surface area contributed by atoms with Crippen molar-refractivity contribution in [2.24, 2.45) is 0 Å². The Balaban J connectivity index is 2.30. The molecule has 0 aromatic heterocycles. The second-order valence-electron chi connectivity index (χ2n) is 4.96. The van der Waals surface area contributed by atoms with Crippen molar-refractivity contribution in [3.05, 3.63) is 35.9 Å². The van der Waals surface area contributed by atoms with Gasteiger partial charge in [0.25, 0.3) is 0 Å². The summed E-state index contributed by atoms with van der Waals surface area (Å²) in [6, 6.07) is 10.2. The highest BCUT2D eigenvalue weighted by Crippen LogP contribution is 2.09. The molecule has 0 heterocycles. The van der Waals surface area contributed by atoms with Gasteiger partial charge in [-0.05, 0) is 31.7 Å². The molecule has 3 nitrogen and oxygen atoms in total. The number of amides is 1. The van der Waals surface area contributed by atoms with E-state index in [-0.39, 0.29) is 12.5 Å². The molecule has 1 amide bonds. The van der Waals surface area contributed by atoms with Gasteiger partial charge in [-0.3, -0.25) is 4.79 Å². The van der Waals surface area contributed by atoms with Crippen LogP contribution >= 0.6 is 0 Å². The van der Waals surface area contributed by atoms with Gasteiger partial charge in [-0.2, -0.15) is 0 Å². The largest absolute Gasteiger partial charge is 0.394 e. The Labute approximate surface area is 109 Å². The normalized spacial score (nSPS) is 13.9.